The van der Waals surface area contributed by atoms with Crippen molar-refractivity contribution in [2.45, 2.75) is 19.6 Å². The molecule has 0 radical (unpaired) electrons. The number of amides is 1. The zero-order valence-electron chi connectivity index (χ0n) is 13.5. The fourth-order valence-corrected chi connectivity index (χ4v) is 2.17. The van der Waals surface area contributed by atoms with E-state index in [1.807, 2.05) is 24.3 Å². The van der Waals surface area contributed by atoms with Gasteiger partial charge in [-0.3, -0.25) is 4.79 Å². The normalized spacial score (nSPS) is 11.4. The van der Waals surface area contributed by atoms with Crippen LogP contribution in [0.15, 0.2) is 48.5 Å². The van der Waals surface area contributed by atoms with Gasteiger partial charge in [0.2, 0.25) is 0 Å². The van der Waals surface area contributed by atoms with Crippen molar-refractivity contribution in [2.75, 3.05) is 7.11 Å². The number of hydrogen-bond donors (Lipinski definition) is 2. The van der Waals surface area contributed by atoms with E-state index < -0.39 is 12.1 Å². The Morgan fingerprint density at radius 2 is 1.71 bits per heavy atom. The van der Waals surface area contributed by atoms with E-state index >= 15 is 0 Å². The number of ether oxygens (including phenoxy) is 2. The lowest BCUT2D eigenvalue weighted by molar-refractivity contribution is -0.127. The summed E-state index contributed by atoms with van der Waals surface area (Å²) < 4.78 is 10.7. The summed E-state index contributed by atoms with van der Waals surface area (Å²) in [6.07, 6.45) is -0.833. The van der Waals surface area contributed by atoms with Crippen molar-refractivity contribution in [3.05, 3.63) is 59.7 Å². The third kappa shape index (κ3) is 4.25. The molecule has 0 aliphatic rings. The maximum Gasteiger partial charge on any atom is 0.339 e. The van der Waals surface area contributed by atoms with Gasteiger partial charge in [-0.25, -0.2) is 4.79 Å². The first-order chi connectivity index (χ1) is 11.5. The minimum atomic E-state index is -1.10. The molecule has 1 amide bonds. The molecule has 2 N–H and O–H groups in total. The zero-order chi connectivity index (χ0) is 17.5. The molecule has 1 unspecified atom stereocenters. The van der Waals surface area contributed by atoms with E-state index in [9.17, 15) is 9.59 Å². The molecule has 24 heavy (non-hydrogen) atoms. The van der Waals surface area contributed by atoms with Crippen LogP contribution in [0.25, 0.3) is 0 Å². The standard InChI is InChI=1S/C18H19NO5/c1-12(24-16-10-6-4-8-14(16)18(21)22)17(20)19-11-13-7-3-5-9-15(13)23-2/h3-10,12H,11H2,1-2H3,(H,19,20)(H,21,22). The molecule has 2 aromatic carbocycles. The smallest absolute Gasteiger partial charge is 0.339 e. The Morgan fingerprint density at radius 1 is 1.08 bits per heavy atom. The SMILES string of the molecule is COc1ccccc1CNC(=O)C(C)Oc1ccccc1C(=O)O. The van der Waals surface area contributed by atoms with Gasteiger partial charge in [0.25, 0.3) is 5.91 Å². The van der Waals surface area contributed by atoms with Crippen LogP contribution in [0.2, 0.25) is 0 Å². The molecule has 6 nitrogen and oxygen atoms in total. The number of aromatic carboxylic acids is 1. The Balaban J connectivity index is 1.99. The lowest BCUT2D eigenvalue weighted by atomic mass is 10.2. The molecule has 0 bridgehead atoms. The number of carboxylic acids is 1. The number of benzene rings is 2. The number of rotatable bonds is 7. The molecule has 126 valence electrons. The van der Waals surface area contributed by atoms with Gasteiger partial charge in [-0.2, -0.15) is 0 Å². The molecule has 0 aliphatic heterocycles. The van der Waals surface area contributed by atoms with E-state index in [1.165, 1.54) is 12.1 Å². The van der Waals surface area contributed by atoms with Crippen molar-refractivity contribution in [3.63, 3.8) is 0 Å². The highest BCUT2D eigenvalue weighted by molar-refractivity contribution is 5.91. The Bertz CT molecular complexity index is 729. The van der Waals surface area contributed by atoms with E-state index in [-0.39, 0.29) is 23.8 Å². The average molecular weight is 329 g/mol. The molecule has 0 heterocycles. The van der Waals surface area contributed by atoms with Gasteiger partial charge >= 0.3 is 5.97 Å². The fourth-order valence-electron chi connectivity index (χ4n) is 2.17. The highest BCUT2D eigenvalue weighted by atomic mass is 16.5. The molecule has 0 aliphatic carbocycles. The highest BCUT2D eigenvalue weighted by Gasteiger charge is 2.18. The van der Waals surface area contributed by atoms with Gasteiger partial charge < -0.3 is 19.9 Å². The molecule has 0 saturated carbocycles. The monoisotopic (exact) mass is 329 g/mol. The van der Waals surface area contributed by atoms with Crippen molar-refractivity contribution in [2.24, 2.45) is 0 Å². The van der Waals surface area contributed by atoms with Crippen LogP contribution < -0.4 is 14.8 Å². The van der Waals surface area contributed by atoms with Crippen LogP contribution in [0.5, 0.6) is 11.5 Å². The van der Waals surface area contributed by atoms with Crippen LogP contribution in [-0.4, -0.2) is 30.2 Å². The van der Waals surface area contributed by atoms with Gasteiger partial charge in [0.1, 0.15) is 17.1 Å². The summed E-state index contributed by atoms with van der Waals surface area (Å²) in [6.45, 7) is 1.85. The van der Waals surface area contributed by atoms with Crippen molar-refractivity contribution < 1.29 is 24.2 Å². The van der Waals surface area contributed by atoms with E-state index in [4.69, 9.17) is 14.6 Å². The van der Waals surface area contributed by atoms with Crippen LogP contribution in [0.1, 0.15) is 22.8 Å². The largest absolute Gasteiger partial charge is 0.496 e. The average Bonchev–Trinajstić information content (AvgIpc) is 2.60. The molecule has 0 fully saturated rings. The second-order valence-electron chi connectivity index (χ2n) is 5.09. The molecular weight excluding hydrogens is 310 g/mol. The number of hydrogen-bond acceptors (Lipinski definition) is 4. The number of carboxylic acid groups (broad SMARTS) is 1. The maximum absolute atomic E-state index is 12.2. The minimum Gasteiger partial charge on any atom is -0.496 e. The third-order valence-electron chi connectivity index (χ3n) is 3.44. The number of methoxy groups -OCH3 is 1. The third-order valence-corrected chi connectivity index (χ3v) is 3.44. The minimum absolute atomic E-state index is 0.0156. The molecule has 6 heteroatoms. The van der Waals surface area contributed by atoms with Crippen LogP contribution in [0.4, 0.5) is 0 Å². The molecular formula is C18H19NO5. The van der Waals surface area contributed by atoms with E-state index in [2.05, 4.69) is 5.32 Å². The summed E-state index contributed by atoms with van der Waals surface area (Å²) in [6, 6.07) is 13.6. The Hall–Kier alpha value is -3.02. The predicted molar refractivity (Wildman–Crippen MR) is 88.3 cm³/mol. The summed E-state index contributed by atoms with van der Waals surface area (Å²) in [5, 5.41) is 11.9. The molecule has 0 aromatic heterocycles. The summed E-state index contributed by atoms with van der Waals surface area (Å²) in [5.74, 6) is -0.610. The number of carbonyl (C=O) groups excluding carboxylic acids is 1. The van der Waals surface area contributed by atoms with Crippen molar-refractivity contribution in [1.29, 1.82) is 0 Å². The van der Waals surface area contributed by atoms with E-state index in [1.54, 1.807) is 26.2 Å². The van der Waals surface area contributed by atoms with Crippen molar-refractivity contribution >= 4 is 11.9 Å². The number of para-hydroxylation sites is 2. The van der Waals surface area contributed by atoms with Crippen molar-refractivity contribution in [1.82, 2.24) is 5.32 Å². The lowest BCUT2D eigenvalue weighted by Crippen LogP contribution is -2.36. The van der Waals surface area contributed by atoms with Gasteiger partial charge in [-0.15, -0.1) is 0 Å². The second kappa shape index (κ2) is 8.01. The summed E-state index contributed by atoms with van der Waals surface area (Å²) in [4.78, 5) is 23.3. The molecule has 2 aromatic rings. The maximum atomic E-state index is 12.2. The quantitative estimate of drug-likeness (QED) is 0.815. The van der Waals surface area contributed by atoms with Gasteiger partial charge in [-0.05, 0) is 25.1 Å². The zero-order valence-corrected chi connectivity index (χ0v) is 13.5. The molecule has 0 spiro atoms. The van der Waals surface area contributed by atoms with E-state index in [0.29, 0.717) is 5.75 Å². The van der Waals surface area contributed by atoms with Crippen LogP contribution in [-0.2, 0) is 11.3 Å². The highest BCUT2D eigenvalue weighted by Crippen LogP contribution is 2.20. The van der Waals surface area contributed by atoms with Gasteiger partial charge in [0, 0.05) is 12.1 Å². The van der Waals surface area contributed by atoms with Crippen LogP contribution in [0.3, 0.4) is 0 Å². The fraction of sp³-hybridized carbons (Fsp3) is 0.222. The molecule has 1 atom stereocenters. The Kier molecular flexibility index (Phi) is 5.78. The predicted octanol–water partition coefficient (Wildman–Crippen LogP) is 2.48. The summed E-state index contributed by atoms with van der Waals surface area (Å²) >= 11 is 0. The first-order valence-corrected chi connectivity index (χ1v) is 7.41. The van der Waals surface area contributed by atoms with Gasteiger partial charge in [-0.1, -0.05) is 30.3 Å². The van der Waals surface area contributed by atoms with Crippen LogP contribution in [0, 0.1) is 0 Å². The van der Waals surface area contributed by atoms with E-state index in [0.717, 1.165) is 5.56 Å². The van der Waals surface area contributed by atoms with Crippen molar-refractivity contribution in [3.8, 4) is 11.5 Å². The second-order valence-corrected chi connectivity index (χ2v) is 5.09. The topological polar surface area (TPSA) is 84.9 Å². The Morgan fingerprint density at radius 3 is 2.38 bits per heavy atom. The first kappa shape index (κ1) is 17.3. The lowest BCUT2D eigenvalue weighted by Gasteiger charge is -2.16. The van der Waals surface area contributed by atoms with Gasteiger partial charge in [0.15, 0.2) is 6.10 Å². The number of nitrogens with one attached hydrogen (secondary N) is 1. The summed E-state index contributed by atoms with van der Waals surface area (Å²) in [5.41, 5.74) is 0.855. The van der Waals surface area contributed by atoms with Crippen LogP contribution >= 0.6 is 0 Å². The van der Waals surface area contributed by atoms with Gasteiger partial charge in [0.05, 0.1) is 7.11 Å². The summed E-state index contributed by atoms with van der Waals surface area (Å²) in [7, 11) is 1.56. The Labute approximate surface area is 140 Å². The first-order valence-electron chi connectivity index (χ1n) is 7.41. The molecule has 0 saturated heterocycles. The molecule has 2 rings (SSSR count). The number of carbonyl (C=O) groups is 2.